The maximum Gasteiger partial charge on any atom is 0.0968 e. The number of methoxy groups -OCH3 is 1. The SMILES string of the molecule is CO[C]1CCC(N2CCC(CCNc3ccnnc3)CC2)CC1. The molecule has 23 heavy (non-hydrogen) atoms. The smallest absolute Gasteiger partial charge is 0.0968 e. The number of hydrogen-bond donors (Lipinski definition) is 1. The average molecular weight is 317 g/mol. The van der Waals surface area contributed by atoms with Crippen LogP contribution >= 0.6 is 0 Å². The van der Waals surface area contributed by atoms with E-state index in [4.69, 9.17) is 4.74 Å². The molecule has 2 fully saturated rings. The minimum absolute atomic E-state index is 0.788. The van der Waals surface area contributed by atoms with E-state index >= 15 is 0 Å². The standard InChI is InChI=1S/C18H29N4O/c1-23-18-4-2-17(3-5-18)22-12-8-15(9-13-22)6-10-19-16-7-11-20-21-14-16/h7,11,14-15,17H,2-6,8-10,12-13H2,1H3,(H,19,20). The van der Waals surface area contributed by atoms with E-state index in [1.54, 1.807) is 12.4 Å². The second-order valence-corrected chi connectivity index (χ2v) is 6.80. The fraction of sp³-hybridized carbons (Fsp3) is 0.722. The van der Waals surface area contributed by atoms with Crippen molar-refractivity contribution in [2.24, 2.45) is 5.92 Å². The number of hydrogen-bond acceptors (Lipinski definition) is 5. The Morgan fingerprint density at radius 2 is 1.96 bits per heavy atom. The van der Waals surface area contributed by atoms with Crippen molar-refractivity contribution in [2.45, 2.75) is 51.0 Å². The molecule has 5 nitrogen and oxygen atoms in total. The normalized spacial score (nSPS) is 22.3. The summed E-state index contributed by atoms with van der Waals surface area (Å²) in [7, 11) is 1.82. The number of anilines is 1. The van der Waals surface area contributed by atoms with Gasteiger partial charge in [0.05, 0.1) is 24.2 Å². The van der Waals surface area contributed by atoms with Gasteiger partial charge >= 0.3 is 0 Å². The molecule has 5 heteroatoms. The molecule has 1 aliphatic carbocycles. The summed E-state index contributed by atoms with van der Waals surface area (Å²) in [6, 6.07) is 2.76. The zero-order valence-electron chi connectivity index (χ0n) is 14.2. The van der Waals surface area contributed by atoms with Crippen LogP contribution in [0, 0.1) is 12.0 Å². The Hall–Kier alpha value is -1.20. The first-order valence-electron chi connectivity index (χ1n) is 8.98. The molecule has 1 N–H and O–H groups in total. The number of aromatic nitrogens is 2. The summed E-state index contributed by atoms with van der Waals surface area (Å²) in [5.41, 5.74) is 1.07. The van der Waals surface area contributed by atoms with Gasteiger partial charge in [-0.2, -0.15) is 10.2 Å². The van der Waals surface area contributed by atoms with Crippen LogP contribution in [0.15, 0.2) is 18.5 Å². The molecule has 1 radical (unpaired) electrons. The van der Waals surface area contributed by atoms with Gasteiger partial charge in [-0.15, -0.1) is 0 Å². The average Bonchev–Trinajstić information content (AvgIpc) is 2.63. The number of likely N-dealkylation sites (tertiary alicyclic amines) is 1. The van der Waals surface area contributed by atoms with E-state index in [2.05, 4.69) is 20.4 Å². The van der Waals surface area contributed by atoms with Crippen molar-refractivity contribution in [2.75, 3.05) is 32.1 Å². The molecule has 0 bridgehead atoms. The molecule has 0 aromatic carbocycles. The number of nitrogens with one attached hydrogen (secondary N) is 1. The van der Waals surface area contributed by atoms with Crippen LogP contribution in [0.3, 0.4) is 0 Å². The maximum atomic E-state index is 5.41. The second-order valence-electron chi connectivity index (χ2n) is 6.80. The van der Waals surface area contributed by atoms with E-state index in [1.807, 2.05) is 13.2 Å². The summed E-state index contributed by atoms with van der Waals surface area (Å²) >= 11 is 0. The lowest BCUT2D eigenvalue weighted by Crippen LogP contribution is -2.43. The molecule has 1 saturated heterocycles. The first-order chi connectivity index (χ1) is 11.3. The Balaban J connectivity index is 1.32. The molecule has 2 heterocycles. The zero-order chi connectivity index (χ0) is 15.9. The van der Waals surface area contributed by atoms with Gasteiger partial charge in [-0.3, -0.25) is 0 Å². The Kier molecular flexibility index (Phi) is 6.22. The second kappa shape index (κ2) is 8.60. The summed E-state index contributed by atoms with van der Waals surface area (Å²) < 4.78 is 5.41. The van der Waals surface area contributed by atoms with Crippen molar-refractivity contribution < 1.29 is 4.74 Å². The summed E-state index contributed by atoms with van der Waals surface area (Å²) in [4.78, 5) is 2.73. The van der Waals surface area contributed by atoms with Gasteiger partial charge in [0.15, 0.2) is 0 Å². The highest BCUT2D eigenvalue weighted by Gasteiger charge is 2.29. The number of ether oxygens (including phenoxy) is 1. The predicted octanol–water partition coefficient (Wildman–Crippen LogP) is 3.11. The van der Waals surface area contributed by atoms with E-state index in [-0.39, 0.29) is 0 Å². The van der Waals surface area contributed by atoms with Crippen molar-refractivity contribution in [1.82, 2.24) is 15.1 Å². The number of piperidine rings is 1. The van der Waals surface area contributed by atoms with Crippen LogP contribution in [0.4, 0.5) is 5.69 Å². The summed E-state index contributed by atoms with van der Waals surface area (Å²) in [5.74, 6) is 0.859. The third-order valence-corrected chi connectivity index (χ3v) is 5.43. The number of nitrogens with zero attached hydrogens (tertiary/aromatic N) is 3. The van der Waals surface area contributed by atoms with Crippen LogP contribution in [0.1, 0.15) is 44.9 Å². The van der Waals surface area contributed by atoms with Gasteiger partial charge in [0.1, 0.15) is 0 Å². The maximum absolute atomic E-state index is 5.41. The zero-order valence-corrected chi connectivity index (χ0v) is 14.2. The molecule has 1 aromatic rings. The van der Waals surface area contributed by atoms with Gasteiger partial charge in [-0.1, -0.05) is 0 Å². The van der Waals surface area contributed by atoms with Crippen LogP contribution in [-0.2, 0) is 4.74 Å². The minimum atomic E-state index is 0.788. The third-order valence-electron chi connectivity index (χ3n) is 5.43. The van der Waals surface area contributed by atoms with E-state index < -0.39 is 0 Å². The molecule has 1 aliphatic heterocycles. The lowest BCUT2D eigenvalue weighted by atomic mass is 9.88. The molecule has 0 spiro atoms. The summed E-state index contributed by atoms with van der Waals surface area (Å²) in [6.45, 7) is 3.58. The highest BCUT2D eigenvalue weighted by molar-refractivity contribution is 5.38. The first-order valence-corrected chi connectivity index (χ1v) is 8.98. The third kappa shape index (κ3) is 4.88. The fourth-order valence-electron chi connectivity index (χ4n) is 3.92. The molecule has 1 saturated carbocycles. The fourth-order valence-corrected chi connectivity index (χ4v) is 3.92. The predicted molar refractivity (Wildman–Crippen MR) is 91.9 cm³/mol. The molecular weight excluding hydrogens is 288 g/mol. The van der Waals surface area contributed by atoms with Gasteiger partial charge in [-0.05, 0) is 70.0 Å². The lowest BCUT2D eigenvalue weighted by Gasteiger charge is -2.40. The van der Waals surface area contributed by atoms with Crippen LogP contribution in [0.25, 0.3) is 0 Å². The Labute approximate surface area is 139 Å². The molecule has 3 rings (SSSR count). The van der Waals surface area contributed by atoms with Crippen LogP contribution < -0.4 is 5.32 Å². The van der Waals surface area contributed by atoms with Crippen molar-refractivity contribution in [1.29, 1.82) is 0 Å². The van der Waals surface area contributed by atoms with E-state index in [0.29, 0.717) is 0 Å². The highest BCUT2D eigenvalue weighted by atomic mass is 16.5. The van der Waals surface area contributed by atoms with Crippen LogP contribution in [-0.4, -0.2) is 47.9 Å². The quantitative estimate of drug-likeness (QED) is 0.873. The van der Waals surface area contributed by atoms with Gasteiger partial charge < -0.3 is 15.0 Å². The molecule has 0 unspecified atom stereocenters. The lowest BCUT2D eigenvalue weighted by molar-refractivity contribution is 0.0789. The molecule has 1 aromatic heterocycles. The van der Waals surface area contributed by atoms with Crippen molar-refractivity contribution in [3.63, 3.8) is 0 Å². The van der Waals surface area contributed by atoms with E-state index in [9.17, 15) is 0 Å². The first kappa shape index (κ1) is 16.7. The topological polar surface area (TPSA) is 50.3 Å². The van der Waals surface area contributed by atoms with Gasteiger partial charge in [0.25, 0.3) is 0 Å². The Bertz CT molecular complexity index is 440. The summed E-state index contributed by atoms with van der Waals surface area (Å²) in [5, 5.41) is 11.1. The van der Waals surface area contributed by atoms with E-state index in [0.717, 1.165) is 37.0 Å². The van der Waals surface area contributed by atoms with Crippen LogP contribution in [0.5, 0.6) is 0 Å². The van der Waals surface area contributed by atoms with Gasteiger partial charge in [0.2, 0.25) is 0 Å². The Morgan fingerprint density at radius 1 is 1.17 bits per heavy atom. The molecular formula is C18H29N4O. The molecule has 0 amide bonds. The van der Waals surface area contributed by atoms with Gasteiger partial charge in [0, 0.05) is 19.7 Å². The van der Waals surface area contributed by atoms with Gasteiger partial charge in [-0.25, -0.2) is 0 Å². The summed E-state index contributed by atoms with van der Waals surface area (Å²) in [6.07, 6.45) is 13.6. The van der Waals surface area contributed by atoms with Crippen molar-refractivity contribution in [3.8, 4) is 0 Å². The minimum Gasteiger partial charge on any atom is -0.384 e. The molecule has 0 atom stereocenters. The molecule has 2 aliphatic rings. The highest BCUT2D eigenvalue weighted by Crippen LogP contribution is 2.32. The van der Waals surface area contributed by atoms with E-state index in [1.165, 1.54) is 51.3 Å². The van der Waals surface area contributed by atoms with Crippen molar-refractivity contribution in [3.05, 3.63) is 24.6 Å². The molecule has 127 valence electrons. The number of rotatable bonds is 6. The van der Waals surface area contributed by atoms with Crippen molar-refractivity contribution >= 4 is 5.69 Å². The van der Waals surface area contributed by atoms with Crippen LogP contribution in [0.2, 0.25) is 0 Å². The Morgan fingerprint density at radius 3 is 2.61 bits per heavy atom. The monoisotopic (exact) mass is 317 g/mol. The largest absolute Gasteiger partial charge is 0.384 e.